The molecule has 2 N–H and O–H groups in total. The molecule has 120 valence electrons. The Morgan fingerprint density at radius 2 is 2.18 bits per heavy atom. The Morgan fingerprint density at radius 1 is 1.36 bits per heavy atom. The van der Waals surface area contributed by atoms with Crippen LogP contribution in [-0.2, 0) is 4.79 Å². The molecule has 0 radical (unpaired) electrons. The lowest BCUT2D eigenvalue weighted by Gasteiger charge is -2.32. The minimum Gasteiger partial charge on any atom is -0.356 e. The number of anilines is 1. The van der Waals surface area contributed by atoms with Crippen molar-refractivity contribution in [1.29, 1.82) is 0 Å². The molecule has 2 amide bonds. The molecule has 1 fully saturated rings. The quantitative estimate of drug-likeness (QED) is 0.831. The lowest BCUT2D eigenvalue weighted by Crippen LogP contribution is -2.43. The molecule has 0 aliphatic carbocycles. The van der Waals surface area contributed by atoms with Crippen molar-refractivity contribution < 1.29 is 9.59 Å². The number of hydrogen-bond donors (Lipinski definition) is 2. The van der Waals surface area contributed by atoms with E-state index in [1.807, 2.05) is 6.92 Å². The van der Waals surface area contributed by atoms with Gasteiger partial charge in [-0.15, -0.1) is 10.2 Å². The molecule has 0 aromatic carbocycles. The van der Waals surface area contributed by atoms with Crippen molar-refractivity contribution in [3.05, 3.63) is 17.8 Å². The van der Waals surface area contributed by atoms with E-state index in [4.69, 9.17) is 0 Å². The highest BCUT2D eigenvalue weighted by atomic mass is 16.2. The van der Waals surface area contributed by atoms with Crippen LogP contribution in [0, 0.1) is 5.92 Å². The van der Waals surface area contributed by atoms with E-state index in [0.29, 0.717) is 18.1 Å². The third kappa shape index (κ3) is 3.93. The van der Waals surface area contributed by atoms with Gasteiger partial charge in [0.25, 0.3) is 5.91 Å². The zero-order chi connectivity index (χ0) is 15.9. The van der Waals surface area contributed by atoms with Crippen LogP contribution in [0.4, 0.5) is 5.82 Å². The molecule has 22 heavy (non-hydrogen) atoms. The van der Waals surface area contributed by atoms with E-state index in [1.165, 1.54) is 0 Å². The third-order valence-corrected chi connectivity index (χ3v) is 3.78. The first-order valence-electron chi connectivity index (χ1n) is 7.74. The Kier molecular flexibility index (Phi) is 5.68. The Bertz CT molecular complexity index is 517. The molecule has 7 nitrogen and oxygen atoms in total. The number of hydrogen-bond acceptors (Lipinski definition) is 5. The second-order valence-electron chi connectivity index (χ2n) is 5.43. The van der Waals surface area contributed by atoms with Gasteiger partial charge in [0.1, 0.15) is 0 Å². The van der Waals surface area contributed by atoms with Gasteiger partial charge in [-0.2, -0.15) is 0 Å². The summed E-state index contributed by atoms with van der Waals surface area (Å²) in [6.45, 7) is 4.25. The van der Waals surface area contributed by atoms with Crippen LogP contribution in [0.5, 0.6) is 0 Å². The van der Waals surface area contributed by atoms with E-state index < -0.39 is 0 Å². The van der Waals surface area contributed by atoms with Crippen LogP contribution in [0.1, 0.15) is 36.7 Å². The molecule has 7 heteroatoms. The summed E-state index contributed by atoms with van der Waals surface area (Å²) in [4.78, 5) is 25.6. The summed E-state index contributed by atoms with van der Waals surface area (Å²) in [6, 6.07) is 3.44. The molecular formula is C15H23N5O2. The number of rotatable bonds is 5. The molecule has 1 unspecified atom stereocenters. The highest BCUT2D eigenvalue weighted by Gasteiger charge is 2.26. The summed E-state index contributed by atoms with van der Waals surface area (Å²) in [5.74, 6) is 0.553. The maximum atomic E-state index is 12.1. The van der Waals surface area contributed by atoms with E-state index in [2.05, 4.69) is 25.7 Å². The Balaban J connectivity index is 1.99. The SMILES string of the molecule is CCCNC(=O)C1CCCN(c2ccc(C(=O)NC)nn2)C1. The van der Waals surface area contributed by atoms with Crippen LogP contribution < -0.4 is 15.5 Å². The summed E-state index contributed by atoms with van der Waals surface area (Å²) in [7, 11) is 1.56. The average Bonchev–Trinajstić information content (AvgIpc) is 2.59. The summed E-state index contributed by atoms with van der Waals surface area (Å²) >= 11 is 0. The van der Waals surface area contributed by atoms with Gasteiger partial charge in [0.2, 0.25) is 5.91 Å². The summed E-state index contributed by atoms with van der Waals surface area (Å²) < 4.78 is 0. The van der Waals surface area contributed by atoms with E-state index in [9.17, 15) is 9.59 Å². The molecule has 1 aromatic rings. The van der Waals surface area contributed by atoms with Crippen molar-refractivity contribution in [2.24, 2.45) is 5.92 Å². The van der Waals surface area contributed by atoms with Gasteiger partial charge < -0.3 is 15.5 Å². The van der Waals surface area contributed by atoms with Crippen molar-refractivity contribution >= 4 is 17.6 Å². The van der Waals surface area contributed by atoms with Gasteiger partial charge in [-0.25, -0.2) is 0 Å². The number of amides is 2. The first kappa shape index (κ1) is 16.2. The van der Waals surface area contributed by atoms with Gasteiger partial charge in [0, 0.05) is 26.7 Å². The van der Waals surface area contributed by atoms with Gasteiger partial charge in [0.05, 0.1) is 5.92 Å². The van der Waals surface area contributed by atoms with Gasteiger partial charge in [-0.05, 0) is 31.4 Å². The zero-order valence-corrected chi connectivity index (χ0v) is 13.1. The number of carbonyl (C=O) groups is 2. The van der Waals surface area contributed by atoms with Crippen molar-refractivity contribution in [2.75, 3.05) is 31.6 Å². The standard InChI is InChI=1S/C15H23N5O2/c1-3-8-17-14(21)11-5-4-9-20(10-11)13-7-6-12(18-19-13)15(22)16-2/h6-7,11H,3-5,8-10H2,1-2H3,(H,16,22)(H,17,21). The smallest absolute Gasteiger partial charge is 0.271 e. The van der Waals surface area contributed by atoms with E-state index >= 15 is 0 Å². The van der Waals surface area contributed by atoms with Gasteiger partial charge >= 0.3 is 0 Å². The fourth-order valence-corrected chi connectivity index (χ4v) is 2.53. The molecule has 2 heterocycles. The number of piperidine rings is 1. The molecule has 1 atom stereocenters. The number of nitrogens with one attached hydrogen (secondary N) is 2. The van der Waals surface area contributed by atoms with Crippen LogP contribution in [-0.4, -0.2) is 48.7 Å². The van der Waals surface area contributed by atoms with Crippen LogP contribution in [0.2, 0.25) is 0 Å². The van der Waals surface area contributed by atoms with Gasteiger partial charge in [0.15, 0.2) is 11.5 Å². The fourth-order valence-electron chi connectivity index (χ4n) is 2.53. The largest absolute Gasteiger partial charge is 0.356 e. The number of carbonyl (C=O) groups excluding carboxylic acids is 2. The van der Waals surface area contributed by atoms with Crippen LogP contribution >= 0.6 is 0 Å². The molecule has 1 aliphatic heterocycles. The van der Waals surface area contributed by atoms with Gasteiger partial charge in [-0.1, -0.05) is 6.92 Å². The van der Waals surface area contributed by atoms with Crippen molar-refractivity contribution in [3.63, 3.8) is 0 Å². The maximum Gasteiger partial charge on any atom is 0.271 e. The Morgan fingerprint density at radius 3 is 2.82 bits per heavy atom. The van der Waals surface area contributed by atoms with E-state index in [-0.39, 0.29) is 17.7 Å². The van der Waals surface area contributed by atoms with Crippen LogP contribution in [0.3, 0.4) is 0 Å². The molecule has 2 rings (SSSR count). The predicted octanol–water partition coefficient (Wildman–Crippen LogP) is 0.579. The van der Waals surface area contributed by atoms with Crippen LogP contribution in [0.15, 0.2) is 12.1 Å². The first-order chi connectivity index (χ1) is 10.7. The summed E-state index contributed by atoms with van der Waals surface area (Å²) in [6.07, 6.45) is 2.79. The van der Waals surface area contributed by atoms with Gasteiger partial charge in [-0.3, -0.25) is 9.59 Å². The second kappa shape index (κ2) is 7.72. The normalized spacial score (nSPS) is 17.9. The molecule has 1 saturated heterocycles. The number of aromatic nitrogens is 2. The zero-order valence-electron chi connectivity index (χ0n) is 13.1. The summed E-state index contributed by atoms with van der Waals surface area (Å²) in [5, 5.41) is 13.5. The van der Waals surface area contributed by atoms with Crippen molar-refractivity contribution in [3.8, 4) is 0 Å². The Hall–Kier alpha value is -2.18. The molecule has 1 aliphatic rings. The lowest BCUT2D eigenvalue weighted by molar-refractivity contribution is -0.125. The highest BCUT2D eigenvalue weighted by Crippen LogP contribution is 2.21. The average molecular weight is 305 g/mol. The summed E-state index contributed by atoms with van der Waals surface area (Å²) in [5.41, 5.74) is 0.292. The third-order valence-electron chi connectivity index (χ3n) is 3.78. The molecular weight excluding hydrogens is 282 g/mol. The van der Waals surface area contributed by atoms with Crippen molar-refractivity contribution in [1.82, 2.24) is 20.8 Å². The molecule has 0 bridgehead atoms. The number of nitrogens with zero attached hydrogens (tertiary/aromatic N) is 3. The lowest BCUT2D eigenvalue weighted by atomic mass is 9.97. The van der Waals surface area contributed by atoms with E-state index in [1.54, 1.807) is 19.2 Å². The minimum absolute atomic E-state index is 0.0132. The topological polar surface area (TPSA) is 87.2 Å². The van der Waals surface area contributed by atoms with E-state index in [0.717, 1.165) is 32.4 Å². The molecule has 1 aromatic heterocycles. The predicted molar refractivity (Wildman–Crippen MR) is 83.7 cm³/mol. The van der Waals surface area contributed by atoms with Crippen molar-refractivity contribution in [2.45, 2.75) is 26.2 Å². The minimum atomic E-state index is -0.255. The maximum absolute atomic E-state index is 12.1. The molecule has 0 spiro atoms. The highest BCUT2D eigenvalue weighted by molar-refractivity contribution is 5.91. The van der Waals surface area contributed by atoms with Crippen LogP contribution in [0.25, 0.3) is 0 Å². The Labute approximate surface area is 130 Å². The molecule has 0 saturated carbocycles. The fraction of sp³-hybridized carbons (Fsp3) is 0.600. The first-order valence-corrected chi connectivity index (χ1v) is 7.74. The monoisotopic (exact) mass is 305 g/mol. The second-order valence-corrected chi connectivity index (χ2v) is 5.43.